The van der Waals surface area contributed by atoms with Crippen molar-refractivity contribution in [3.63, 3.8) is 0 Å². The first-order valence-electron chi connectivity index (χ1n) is 4.89. The molecular weight excluding hydrogens is 334 g/mol. The second kappa shape index (κ2) is 5.81. The first kappa shape index (κ1) is 14.2. The van der Waals surface area contributed by atoms with Gasteiger partial charge in [-0.3, -0.25) is 4.79 Å². The molecule has 0 N–H and O–H groups in total. The second-order valence-corrected chi connectivity index (χ2v) is 6.70. The Hall–Kier alpha value is -0.250. The Labute approximate surface area is 128 Å². The van der Waals surface area contributed by atoms with Crippen molar-refractivity contribution in [2.75, 3.05) is 0 Å². The zero-order valence-electron chi connectivity index (χ0n) is 8.84. The summed E-state index contributed by atoms with van der Waals surface area (Å²) >= 11 is 24.7. The van der Waals surface area contributed by atoms with Crippen LogP contribution in [-0.4, -0.2) is 5.78 Å². The lowest BCUT2D eigenvalue weighted by Gasteiger charge is -2.03. The molecule has 0 bridgehead atoms. The Kier molecular flexibility index (Phi) is 4.57. The van der Waals surface area contributed by atoms with E-state index < -0.39 is 0 Å². The molecule has 0 aliphatic rings. The number of ketones is 1. The molecule has 0 amide bonds. The summed E-state index contributed by atoms with van der Waals surface area (Å²) in [5.74, 6) is -0.118. The number of carbonyl (C=O) groups excluding carboxylic acids is 1. The summed E-state index contributed by atoms with van der Waals surface area (Å²) in [6.07, 6.45) is 0.169. The minimum atomic E-state index is -0.118. The standard InChI is InChI=1S/C12H6Cl4OS/c13-7-2-1-6(9(14)4-7)3-10(17)8-5-11(15)18-12(8)16/h1-2,4-5H,3H2. The lowest BCUT2D eigenvalue weighted by Crippen LogP contribution is -2.03. The van der Waals surface area contributed by atoms with Crippen molar-refractivity contribution in [3.05, 3.63) is 54.1 Å². The Morgan fingerprint density at radius 1 is 1.11 bits per heavy atom. The quantitative estimate of drug-likeness (QED) is 0.647. The first-order chi connectivity index (χ1) is 8.47. The topological polar surface area (TPSA) is 17.1 Å². The maximum absolute atomic E-state index is 12.1. The van der Waals surface area contributed by atoms with Crippen LogP contribution < -0.4 is 0 Å². The summed E-state index contributed by atoms with van der Waals surface area (Å²) < 4.78 is 0.889. The van der Waals surface area contributed by atoms with Crippen LogP contribution in [0.15, 0.2) is 24.3 Å². The van der Waals surface area contributed by atoms with Crippen LogP contribution in [0.4, 0.5) is 0 Å². The highest BCUT2D eigenvalue weighted by atomic mass is 35.5. The maximum Gasteiger partial charge on any atom is 0.169 e. The van der Waals surface area contributed by atoms with Gasteiger partial charge in [-0.05, 0) is 23.8 Å². The van der Waals surface area contributed by atoms with E-state index in [2.05, 4.69) is 0 Å². The molecule has 0 spiro atoms. The molecule has 0 aliphatic heterocycles. The molecular formula is C12H6Cl4OS. The van der Waals surface area contributed by atoms with E-state index in [1.165, 1.54) is 11.3 Å². The minimum absolute atomic E-state index is 0.118. The zero-order chi connectivity index (χ0) is 13.3. The molecule has 0 fully saturated rings. The number of Topliss-reactive ketones (excluding diaryl/α,β-unsaturated/α-hetero) is 1. The fraction of sp³-hybridized carbons (Fsp3) is 0.0833. The Balaban J connectivity index is 2.24. The number of rotatable bonds is 3. The van der Waals surface area contributed by atoms with Crippen LogP contribution in [0.25, 0.3) is 0 Å². The third-order valence-electron chi connectivity index (χ3n) is 2.32. The highest BCUT2D eigenvalue weighted by Crippen LogP contribution is 2.32. The molecule has 0 atom stereocenters. The summed E-state index contributed by atoms with van der Waals surface area (Å²) in [5.41, 5.74) is 1.14. The van der Waals surface area contributed by atoms with Crippen molar-refractivity contribution in [1.29, 1.82) is 0 Å². The summed E-state index contributed by atoms with van der Waals surface area (Å²) in [4.78, 5) is 12.1. The average molecular weight is 340 g/mol. The van der Waals surface area contributed by atoms with Crippen molar-refractivity contribution in [2.24, 2.45) is 0 Å². The van der Waals surface area contributed by atoms with Gasteiger partial charge in [0.05, 0.1) is 4.34 Å². The first-order valence-corrected chi connectivity index (χ1v) is 7.22. The minimum Gasteiger partial charge on any atom is -0.294 e. The van der Waals surface area contributed by atoms with Gasteiger partial charge in [0.15, 0.2) is 5.78 Å². The van der Waals surface area contributed by atoms with Crippen LogP contribution in [-0.2, 0) is 6.42 Å². The van der Waals surface area contributed by atoms with Gasteiger partial charge in [-0.1, -0.05) is 52.5 Å². The highest BCUT2D eigenvalue weighted by molar-refractivity contribution is 7.20. The molecule has 0 radical (unpaired) electrons. The number of thiophene rings is 1. The largest absolute Gasteiger partial charge is 0.294 e. The maximum atomic E-state index is 12.1. The van der Waals surface area contributed by atoms with Crippen LogP contribution in [0.2, 0.25) is 18.7 Å². The Morgan fingerprint density at radius 2 is 1.83 bits per heavy atom. The van der Waals surface area contributed by atoms with E-state index in [0.29, 0.717) is 29.8 Å². The van der Waals surface area contributed by atoms with Crippen LogP contribution in [0, 0.1) is 0 Å². The summed E-state index contributed by atoms with van der Waals surface area (Å²) in [6.45, 7) is 0. The molecule has 0 saturated carbocycles. The lowest BCUT2D eigenvalue weighted by molar-refractivity contribution is 0.0993. The lowest BCUT2D eigenvalue weighted by atomic mass is 10.1. The fourth-order valence-corrected chi connectivity index (χ4v) is 3.44. The monoisotopic (exact) mass is 338 g/mol. The number of carbonyl (C=O) groups is 1. The Bertz CT molecular complexity index is 606. The van der Waals surface area contributed by atoms with Gasteiger partial charge < -0.3 is 0 Å². The predicted molar refractivity (Wildman–Crippen MR) is 78.8 cm³/mol. The van der Waals surface area contributed by atoms with Gasteiger partial charge in [-0.25, -0.2) is 0 Å². The number of halogens is 4. The van der Waals surface area contributed by atoms with Gasteiger partial charge in [0, 0.05) is 22.0 Å². The molecule has 0 saturated heterocycles. The van der Waals surface area contributed by atoms with Crippen molar-refractivity contribution in [2.45, 2.75) is 6.42 Å². The molecule has 2 aromatic rings. The third kappa shape index (κ3) is 3.19. The van der Waals surface area contributed by atoms with E-state index >= 15 is 0 Å². The summed E-state index contributed by atoms with van der Waals surface area (Å²) in [7, 11) is 0. The van der Waals surface area contributed by atoms with E-state index in [0.717, 1.165) is 0 Å². The molecule has 18 heavy (non-hydrogen) atoms. The predicted octanol–water partition coefficient (Wildman–Crippen LogP) is 5.79. The van der Waals surface area contributed by atoms with Crippen LogP contribution in [0.3, 0.4) is 0 Å². The van der Waals surface area contributed by atoms with Gasteiger partial charge in [0.25, 0.3) is 0 Å². The average Bonchev–Trinajstić information content (AvgIpc) is 2.62. The van der Waals surface area contributed by atoms with Crippen LogP contribution in [0.1, 0.15) is 15.9 Å². The van der Waals surface area contributed by atoms with Gasteiger partial charge in [0.1, 0.15) is 4.34 Å². The van der Waals surface area contributed by atoms with Gasteiger partial charge in [0.2, 0.25) is 0 Å². The number of hydrogen-bond donors (Lipinski definition) is 0. The smallest absolute Gasteiger partial charge is 0.169 e. The third-order valence-corrected chi connectivity index (χ3v) is 4.40. The molecule has 0 unspecified atom stereocenters. The molecule has 1 aromatic heterocycles. The summed E-state index contributed by atoms with van der Waals surface area (Å²) in [6, 6.07) is 6.59. The molecule has 6 heteroatoms. The highest BCUT2D eigenvalue weighted by Gasteiger charge is 2.16. The van der Waals surface area contributed by atoms with E-state index in [4.69, 9.17) is 46.4 Å². The van der Waals surface area contributed by atoms with Crippen molar-refractivity contribution >= 4 is 63.5 Å². The zero-order valence-corrected chi connectivity index (χ0v) is 12.7. The van der Waals surface area contributed by atoms with Gasteiger partial charge >= 0.3 is 0 Å². The van der Waals surface area contributed by atoms with Crippen molar-refractivity contribution < 1.29 is 4.79 Å². The fourth-order valence-electron chi connectivity index (χ4n) is 1.46. The molecule has 0 aliphatic carbocycles. The van der Waals surface area contributed by atoms with E-state index in [-0.39, 0.29) is 12.2 Å². The normalized spacial score (nSPS) is 10.7. The van der Waals surface area contributed by atoms with Crippen molar-refractivity contribution in [1.82, 2.24) is 0 Å². The second-order valence-electron chi connectivity index (χ2n) is 3.57. The number of hydrogen-bond acceptors (Lipinski definition) is 2. The van der Waals surface area contributed by atoms with E-state index in [1.54, 1.807) is 24.3 Å². The molecule has 1 heterocycles. The Morgan fingerprint density at radius 3 is 2.39 bits per heavy atom. The van der Waals surface area contributed by atoms with Gasteiger partial charge in [-0.2, -0.15) is 0 Å². The van der Waals surface area contributed by atoms with E-state index in [9.17, 15) is 4.79 Å². The SMILES string of the molecule is O=C(Cc1ccc(Cl)cc1Cl)c1cc(Cl)sc1Cl. The van der Waals surface area contributed by atoms with Crippen LogP contribution >= 0.6 is 57.7 Å². The van der Waals surface area contributed by atoms with E-state index in [1.807, 2.05) is 0 Å². The molecule has 1 nitrogen and oxygen atoms in total. The summed E-state index contributed by atoms with van der Waals surface area (Å²) in [5, 5.41) is 1.00. The van der Waals surface area contributed by atoms with Crippen molar-refractivity contribution in [3.8, 4) is 0 Å². The van der Waals surface area contributed by atoms with Gasteiger partial charge in [-0.15, -0.1) is 11.3 Å². The molecule has 1 aromatic carbocycles. The van der Waals surface area contributed by atoms with Crippen LogP contribution in [0.5, 0.6) is 0 Å². The molecule has 94 valence electrons. The number of benzene rings is 1. The molecule has 2 rings (SSSR count).